The molecule has 0 bridgehead atoms. The Bertz CT molecular complexity index is 729. The topological polar surface area (TPSA) is 38.3 Å². The minimum Gasteiger partial charge on any atom is -0.484 e. The lowest BCUT2D eigenvalue weighted by Crippen LogP contribution is -2.28. The van der Waals surface area contributed by atoms with Crippen LogP contribution in [-0.2, 0) is 11.3 Å². The van der Waals surface area contributed by atoms with Crippen molar-refractivity contribution in [3.8, 4) is 5.75 Å². The quantitative estimate of drug-likeness (QED) is 0.771. The van der Waals surface area contributed by atoms with Crippen LogP contribution in [0.15, 0.2) is 36.4 Å². The van der Waals surface area contributed by atoms with Crippen LogP contribution >= 0.6 is 23.2 Å². The summed E-state index contributed by atoms with van der Waals surface area (Å²) < 4.78 is 5.55. The molecule has 0 atom stereocenters. The molecule has 0 aromatic heterocycles. The summed E-state index contributed by atoms with van der Waals surface area (Å²) in [5.41, 5.74) is 3.26. The fourth-order valence-corrected chi connectivity index (χ4v) is 2.92. The number of halogens is 2. The van der Waals surface area contributed by atoms with Crippen molar-refractivity contribution < 1.29 is 9.53 Å². The summed E-state index contributed by atoms with van der Waals surface area (Å²) in [5, 5.41) is 3.88. The highest BCUT2D eigenvalue weighted by molar-refractivity contribution is 6.35. The van der Waals surface area contributed by atoms with Crippen molar-refractivity contribution in [2.24, 2.45) is 0 Å². The van der Waals surface area contributed by atoms with Gasteiger partial charge in [-0.15, -0.1) is 0 Å². The van der Waals surface area contributed by atoms with Gasteiger partial charge in [-0.05, 0) is 53.8 Å². The molecule has 0 unspecified atom stereocenters. The Hall–Kier alpha value is -1.71. The van der Waals surface area contributed by atoms with Crippen LogP contribution in [0, 0.1) is 6.92 Å². The van der Waals surface area contributed by atoms with Gasteiger partial charge in [0, 0.05) is 16.6 Å². The zero-order chi connectivity index (χ0) is 17.7. The van der Waals surface area contributed by atoms with E-state index in [0.717, 1.165) is 11.1 Å². The predicted octanol–water partition coefficient (Wildman–Crippen LogP) is 5.12. The molecule has 1 N–H and O–H groups in total. The largest absolute Gasteiger partial charge is 0.484 e. The lowest BCUT2D eigenvalue weighted by Gasteiger charge is -2.12. The maximum Gasteiger partial charge on any atom is 0.258 e. The number of benzene rings is 2. The van der Waals surface area contributed by atoms with Crippen LogP contribution in [0.5, 0.6) is 5.75 Å². The Morgan fingerprint density at radius 1 is 1.17 bits per heavy atom. The predicted molar refractivity (Wildman–Crippen MR) is 99.1 cm³/mol. The molecular formula is C19H21Cl2NO2. The third-order valence-corrected chi connectivity index (χ3v) is 4.31. The van der Waals surface area contributed by atoms with E-state index >= 15 is 0 Å². The van der Waals surface area contributed by atoms with E-state index in [1.54, 1.807) is 18.2 Å². The van der Waals surface area contributed by atoms with Crippen molar-refractivity contribution >= 4 is 29.1 Å². The van der Waals surface area contributed by atoms with Crippen LogP contribution in [0.3, 0.4) is 0 Å². The number of carbonyl (C=O) groups is 1. The van der Waals surface area contributed by atoms with Crippen molar-refractivity contribution in [2.75, 3.05) is 6.61 Å². The van der Waals surface area contributed by atoms with E-state index in [9.17, 15) is 4.79 Å². The highest BCUT2D eigenvalue weighted by atomic mass is 35.5. The van der Waals surface area contributed by atoms with Gasteiger partial charge in [-0.25, -0.2) is 0 Å². The number of ether oxygens (including phenoxy) is 1. The maximum absolute atomic E-state index is 11.9. The molecule has 0 heterocycles. The molecule has 0 fully saturated rings. The molecule has 2 rings (SSSR count). The van der Waals surface area contributed by atoms with Crippen molar-refractivity contribution in [2.45, 2.75) is 33.2 Å². The van der Waals surface area contributed by atoms with Crippen molar-refractivity contribution in [1.82, 2.24) is 5.32 Å². The molecule has 128 valence electrons. The number of aryl methyl sites for hydroxylation is 1. The van der Waals surface area contributed by atoms with Gasteiger partial charge in [0.2, 0.25) is 0 Å². The lowest BCUT2D eigenvalue weighted by atomic mass is 9.98. The zero-order valence-electron chi connectivity index (χ0n) is 14.0. The Kier molecular flexibility index (Phi) is 6.52. The van der Waals surface area contributed by atoms with E-state index in [0.29, 0.717) is 28.3 Å². The number of carbonyl (C=O) groups excluding carboxylic acids is 1. The smallest absolute Gasteiger partial charge is 0.258 e. The number of rotatable bonds is 6. The molecule has 3 nitrogen and oxygen atoms in total. The van der Waals surface area contributed by atoms with Gasteiger partial charge < -0.3 is 10.1 Å². The first kappa shape index (κ1) is 18.6. The van der Waals surface area contributed by atoms with Gasteiger partial charge in [-0.3, -0.25) is 4.79 Å². The van der Waals surface area contributed by atoms with Crippen LogP contribution in [0.25, 0.3) is 0 Å². The molecule has 5 heteroatoms. The molecule has 2 aromatic rings. The Morgan fingerprint density at radius 3 is 2.54 bits per heavy atom. The average Bonchev–Trinajstić information content (AvgIpc) is 2.51. The molecule has 1 amide bonds. The molecule has 0 spiro atoms. The van der Waals surface area contributed by atoms with Crippen LogP contribution in [0.4, 0.5) is 0 Å². The van der Waals surface area contributed by atoms with Gasteiger partial charge >= 0.3 is 0 Å². The second-order valence-electron chi connectivity index (χ2n) is 5.97. The molecule has 24 heavy (non-hydrogen) atoms. The van der Waals surface area contributed by atoms with Gasteiger partial charge in [-0.2, -0.15) is 0 Å². The van der Waals surface area contributed by atoms with Crippen LogP contribution in [0.1, 0.15) is 36.5 Å². The Labute approximate surface area is 152 Å². The van der Waals surface area contributed by atoms with E-state index in [1.165, 1.54) is 5.56 Å². The van der Waals surface area contributed by atoms with Crippen LogP contribution in [0.2, 0.25) is 10.0 Å². The first-order chi connectivity index (χ1) is 11.4. The highest BCUT2D eigenvalue weighted by Gasteiger charge is 2.08. The summed E-state index contributed by atoms with van der Waals surface area (Å²) in [4.78, 5) is 11.9. The van der Waals surface area contributed by atoms with E-state index in [1.807, 2.05) is 25.1 Å². The molecule has 0 saturated carbocycles. The molecule has 0 saturated heterocycles. The van der Waals surface area contributed by atoms with Gasteiger partial charge in [0.15, 0.2) is 6.61 Å². The highest BCUT2D eigenvalue weighted by Crippen LogP contribution is 2.23. The van der Waals surface area contributed by atoms with Gasteiger partial charge in [0.25, 0.3) is 5.91 Å². The summed E-state index contributed by atoms with van der Waals surface area (Å²) in [6, 6.07) is 11.1. The molecule has 2 aromatic carbocycles. The van der Waals surface area contributed by atoms with E-state index in [2.05, 4.69) is 19.2 Å². The van der Waals surface area contributed by atoms with Crippen molar-refractivity contribution in [1.29, 1.82) is 0 Å². The standard InChI is InChI=1S/C19H21Cl2NO2/c1-12(2)17-7-6-16(8-13(17)3)24-11-19(23)22-10-14-4-5-15(20)9-18(14)21/h4-9,12H,10-11H2,1-3H3,(H,22,23). The molecule has 0 aliphatic heterocycles. The first-order valence-electron chi connectivity index (χ1n) is 7.80. The SMILES string of the molecule is Cc1cc(OCC(=O)NCc2ccc(Cl)cc2Cl)ccc1C(C)C. The second kappa shape index (κ2) is 8.41. The van der Waals surface area contributed by atoms with E-state index in [4.69, 9.17) is 27.9 Å². The zero-order valence-corrected chi connectivity index (χ0v) is 15.5. The Morgan fingerprint density at radius 2 is 1.92 bits per heavy atom. The molecular weight excluding hydrogens is 345 g/mol. The number of amides is 1. The maximum atomic E-state index is 11.9. The third-order valence-electron chi connectivity index (χ3n) is 3.72. The lowest BCUT2D eigenvalue weighted by molar-refractivity contribution is -0.123. The number of nitrogens with one attached hydrogen (secondary N) is 1. The Balaban J connectivity index is 1.86. The van der Waals surface area contributed by atoms with Crippen LogP contribution < -0.4 is 10.1 Å². The second-order valence-corrected chi connectivity index (χ2v) is 6.82. The van der Waals surface area contributed by atoms with E-state index < -0.39 is 0 Å². The summed E-state index contributed by atoms with van der Waals surface area (Å²) in [6.07, 6.45) is 0. The third kappa shape index (κ3) is 5.15. The van der Waals surface area contributed by atoms with Gasteiger partial charge in [0.05, 0.1) is 0 Å². The van der Waals surface area contributed by atoms with Crippen LogP contribution in [-0.4, -0.2) is 12.5 Å². The minimum absolute atomic E-state index is 0.0360. The average molecular weight is 366 g/mol. The van der Waals surface area contributed by atoms with Crippen molar-refractivity contribution in [3.05, 3.63) is 63.1 Å². The first-order valence-corrected chi connectivity index (χ1v) is 8.56. The summed E-state index contributed by atoms with van der Waals surface area (Å²) in [6.45, 7) is 6.65. The molecule has 0 radical (unpaired) electrons. The number of hydrogen-bond acceptors (Lipinski definition) is 2. The molecule has 0 aliphatic carbocycles. The van der Waals surface area contributed by atoms with Gasteiger partial charge in [0.1, 0.15) is 5.75 Å². The van der Waals surface area contributed by atoms with E-state index in [-0.39, 0.29) is 12.5 Å². The monoisotopic (exact) mass is 365 g/mol. The summed E-state index contributed by atoms with van der Waals surface area (Å²) in [7, 11) is 0. The fraction of sp³-hybridized carbons (Fsp3) is 0.316. The minimum atomic E-state index is -0.202. The fourth-order valence-electron chi connectivity index (χ4n) is 2.44. The summed E-state index contributed by atoms with van der Waals surface area (Å²) >= 11 is 11.9. The van der Waals surface area contributed by atoms with Gasteiger partial charge in [-0.1, -0.05) is 49.2 Å². The number of hydrogen-bond donors (Lipinski definition) is 1. The van der Waals surface area contributed by atoms with Crippen molar-refractivity contribution in [3.63, 3.8) is 0 Å². The molecule has 0 aliphatic rings. The normalized spacial score (nSPS) is 10.8. The summed E-state index contributed by atoms with van der Waals surface area (Å²) in [5.74, 6) is 0.953.